The number of rotatable bonds is 3. The van der Waals surface area contributed by atoms with Crippen molar-refractivity contribution in [1.29, 1.82) is 0 Å². The first-order valence-electron chi connectivity index (χ1n) is 6.12. The van der Waals surface area contributed by atoms with Gasteiger partial charge < -0.3 is 10.5 Å². The fourth-order valence-electron chi connectivity index (χ4n) is 1.93. The fourth-order valence-corrected chi connectivity index (χ4v) is 2.03. The zero-order valence-electron chi connectivity index (χ0n) is 11.3. The number of nitrogens with zero attached hydrogens (tertiary/aromatic N) is 1. The molecular formula is C15H17ClN2O. The molecule has 0 aliphatic heterocycles. The predicted molar refractivity (Wildman–Crippen MR) is 77.9 cm³/mol. The molecule has 0 aliphatic rings. The molecule has 19 heavy (non-hydrogen) atoms. The standard InChI is InChI=1S/C15H17ClN2O/c1-9-6-13(7-10(2)15(9)16)19-14-5-4-12(8-17)11(3)18-14/h4-7H,8,17H2,1-3H3. The number of aromatic nitrogens is 1. The second kappa shape index (κ2) is 5.59. The molecule has 0 amide bonds. The molecule has 0 unspecified atom stereocenters. The summed E-state index contributed by atoms with van der Waals surface area (Å²) in [5.41, 5.74) is 9.51. The molecule has 0 saturated heterocycles. The SMILES string of the molecule is Cc1cc(Oc2ccc(CN)c(C)n2)cc(C)c1Cl. The molecule has 2 N–H and O–H groups in total. The second-order valence-electron chi connectivity index (χ2n) is 4.57. The van der Waals surface area contributed by atoms with E-state index < -0.39 is 0 Å². The topological polar surface area (TPSA) is 48.1 Å². The molecule has 0 saturated carbocycles. The van der Waals surface area contributed by atoms with Crippen LogP contribution >= 0.6 is 11.6 Å². The van der Waals surface area contributed by atoms with E-state index in [0.29, 0.717) is 12.4 Å². The monoisotopic (exact) mass is 276 g/mol. The molecular weight excluding hydrogens is 260 g/mol. The summed E-state index contributed by atoms with van der Waals surface area (Å²) in [6.45, 7) is 6.32. The van der Waals surface area contributed by atoms with Gasteiger partial charge in [0.25, 0.3) is 0 Å². The minimum absolute atomic E-state index is 0.484. The summed E-state index contributed by atoms with van der Waals surface area (Å²) in [7, 11) is 0. The summed E-state index contributed by atoms with van der Waals surface area (Å²) < 4.78 is 5.76. The van der Waals surface area contributed by atoms with Gasteiger partial charge in [-0.3, -0.25) is 0 Å². The van der Waals surface area contributed by atoms with E-state index in [9.17, 15) is 0 Å². The average Bonchev–Trinajstić information content (AvgIpc) is 2.36. The summed E-state index contributed by atoms with van der Waals surface area (Å²) in [6, 6.07) is 7.58. The molecule has 0 bridgehead atoms. The van der Waals surface area contributed by atoms with Gasteiger partial charge in [0, 0.05) is 23.3 Å². The van der Waals surface area contributed by atoms with Crippen molar-refractivity contribution in [3.05, 3.63) is 51.7 Å². The van der Waals surface area contributed by atoms with E-state index in [1.54, 1.807) is 0 Å². The summed E-state index contributed by atoms with van der Waals surface area (Å²) >= 11 is 6.13. The van der Waals surface area contributed by atoms with Crippen LogP contribution in [-0.4, -0.2) is 4.98 Å². The molecule has 0 radical (unpaired) electrons. The summed E-state index contributed by atoms with van der Waals surface area (Å²) in [5, 5.41) is 0.773. The van der Waals surface area contributed by atoms with Crippen molar-refractivity contribution in [2.24, 2.45) is 5.73 Å². The number of hydrogen-bond acceptors (Lipinski definition) is 3. The Morgan fingerprint density at radius 2 is 1.79 bits per heavy atom. The number of pyridine rings is 1. The van der Waals surface area contributed by atoms with E-state index in [1.807, 2.05) is 45.0 Å². The van der Waals surface area contributed by atoms with Crippen LogP contribution in [0.4, 0.5) is 0 Å². The first-order chi connectivity index (χ1) is 9.01. The first-order valence-corrected chi connectivity index (χ1v) is 6.50. The molecule has 0 fully saturated rings. The van der Waals surface area contributed by atoms with Crippen LogP contribution in [0.15, 0.2) is 24.3 Å². The van der Waals surface area contributed by atoms with Crippen LogP contribution in [0.5, 0.6) is 11.6 Å². The van der Waals surface area contributed by atoms with Crippen LogP contribution in [0.2, 0.25) is 5.02 Å². The minimum Gasteiger partial charge on any atom is -0.439 e. The van der Waals surface area contributed by atoms with Crippen LogP contribution in [0, 0.1) is 20.8 Å². The highest BCUT2D eigenvalue weighted by molar-refractivity contribution is 6.32. The zero-order chi connectivity index (χ0) is 14.0. The van der Waals surface area contributed by atoms with E-state index in [-0.39, 0.29) is 0 Å². The molecule has 100 valence electrons. The number of benzene rings is 1. The predicted octanol–water partition coefficient (Wildman–Crippen LogP) is 3.91. The number of ether oxygens (including phenoxy) is 1. The highest BCUT2D eigenvalue weighted by Gasteiger charge is 2.06. The molecule has 0 atom stereocenters. The molecule has 2 aromatic rings. The maximum atomic E-state index is 6.13. The van der Waals surface area contributed by atoms with Gasteiger partial charge in [-0.25, -0.2) is 4.98 Å². The third-order valence-corrected chi connectivity index (χ3v) is 3.62. The highest BCUT2D eigenvalue weighted by atomic mass is 35.5. The van der Waals surface area contributed by atoms with Gasteiger partial charge in [0.1, 0.15) is 5.75 Å². The Morgan fingerprint density at radius 1 is 1.16 bits per heavy atom. The lowest BCUT2D eigenvalue weighted by molar-refractivity contribution is 0.460. The van der Waals surface area contributed by atoms with Crippen molar-refractivity contribution in [1.82, 2.24) is 4.98 Å². The highest BCUT2D eigenvalue weighted by Crippen LogP contribution is 2.28. The molecule has 3 nitrogen and oxygen atoms in total. The quantitative estimate of drug-likeness (QED) is 0.924. The normalized spacial score (nSPS) is 10.6. The van der Waals surface area contributed by atoms with Gasteiger partial charge in [0.15, 0.2) is 0 Å². The minimum atomic E-state index is 0.484. The summed E-state index contributed by atoms with van der Waals surface area (Å²) in [5.74, 6) is 1.31. The summed E-state index contributed by atoms with van der Waals surface area (Å²) in [4.78, 5) is 4.39. The van der Waals surface area contributed by atoms with Gasteiger partial charge in [0.05, 0.1) is 0 Å². The third-order valence-electron chi connectivity index (χ3n) is 3.02. The number of halogens is 1. The van der Waals surface area contributed by atoms with Gasteiger partial charge >= 0.3 is 0 Å². The molecule has 4 heteroatoms. The van der Waals surface area contributed by atoms with Crippen molar-refractivity contribution in [2.75, 3.05) is 0 Å². The number of hydrogen-bond donors (Lipinski definition) is 1. The Balaban J connectivity index is 2.29. The van der Waals surface area contributed by atoms with Gasteiger partial charge in [-0.15, -0.1) is 0 Å². The van der Waals surface area contributed by atoms with E-state index in [1.165, 1.54) is 0 Å². The molecule has 0 spiro atoms. The Hall–Kier alpha value is -1.58. The van der Waals surface area contributed by atoms with Crippen LogP contribution in [0.25, 0.3) is 0 Å². The van der Waals surface area contributed by atoms with Crippen LogP contribution in [0.1, 0.15) is 22.4 Å². The Labute approximate surface area is 118 Å². The average molecular weight is 277 g/mol. The number of aryl methyl sites for hydroxylation is 3. The largest absolute Gasteiger partial charge is 0.439 e. The van der Waals surface area contributed by atoms with Crippen molar-refractivity contribution in [3.8, 4) is 11.6 Å². The molecule has 2 rings (SSSR count). The van der Waals surface area contributed by atoms with Crippen molar-refractivity contribution in [2.45, 2.75) is 27.3 Å². The van der Waals surface area contributed by atoms with E-state index >= 15 is 0 Å². The Morgan fingerprint density at radius 3 is 2.32 bits per heavy atom. The van der Waals surface area contributed by atoms with E-state index in [2.05, 4.69) is 4.98 Å². The molecule has 1 heterocycles. The fraction of sp³-hybridized carbons (Fsp3) is 0.267. The van der Waals surface area contributed by atoms with Gasteiger partial charge in [-0.2, -0.15) is 0 Å². The van der Waals surface area contributed by atoms with Crippen LogP contribution in [-0.2, 0) is 6.54 Å². The first kappa shape index (κ1) is 13.8. The third kappa shape index (κ3) is 3.06. The van der Waals surface area contributed by atoms with Crippen molar-refractivity contribution >= 4 is 11.6 Å². The Kier molecular flexibility index (Phi) is 4.08. The molecule has 1 aromatic heterocycles. The number of nitrogens with two attached hydrogens (primary N) is 1. The van der Waals surface area contributed by atoms with Gasteiger partial charge in [0.2, 0.25) is 5.88 Å². The molecule has 1 aromatic carbocycles. The molecule has 0 aliphatic carbocycles. The van der Waals surface area contributed by atoms with Crippen LogP contribution in [0.3, 0.4) is 0 Å². The van der Waals surface area contributed by atoms with Crippen molar-refractivity contribution in [3.63, 3.8) is 0 Å². The van der Waals surface area contributed by atoms with Crippen molar-refractivity contribution < 1.29 is 4.74 Å². The lowest BCUT2D eigenvalue weighted by Crippen LogP contribution is -2.01. The lowest BCUT2D eigenvalue weighted by atomic mass is 10.1. The van der Waals surface area contributed by atoms with E-state index in [0.717, 1.165) is 33.2 Å². The van der Waals surface area contributed by atoms with Gasteiger partial charge in [-0.1, -0.05) is 17.7 Å². The maximum absolute atomic E-state index is 6.13. The maximum Gasteiger partial charge on any atom is 0.219 e. The summed E-state index contributed by atoms with van der Waals surface area (Å²) in [6.07, 6.45) is 0. The lowest BCUT2D eigenvalue weighted by Gasteiger charge is -2.10. The van der Waals surface area contributed by atoms with Gasteiger partial charge in [-0.05, 0) is 49.6 Å². The second-order valence-corrected chi connectivity index (χ2v) is 4.95. The van der Waals surface area contributed by atoms with Crippen LogP contribution < -0.4 is 10.5 Å². The zero-order valence-corrected chi connectivity index (χ0v) is 12.1. The smallest absolute Gasteiger partial charge is 0.219 e. The Bertz CT molecular complexity index is 588. The van der Waals surface area contributed by atoms with E-state index in [4.69, 9.17) is 22.1 Å².